The Morgan fingerprint density at radius 1 is 1.00 bits per heavy atom. The van der Waals surface area contributed by atoms with Crippen LogP contribution in [0.25, 0.3) is 0 Å². The summed E-state index contributed by atoms with van der Waals surface area (Å²) >= 11 is 0. The molecule has 1 aliphatic rings. The number of carbonyl (C=O) groups excluding carboxylic acids is 2. The van der Waals surface area contributed by atoms with Crippen LogP contribution >= 0.6 is 0 Å². The molecule has 4 nitrogen and oxygen atoms in total. The lowest BCUT2D eigenvalue weighted by Gasteiger charge is -2.28. The number of amides is 2. The van der Waals surface area contributed by atoms with Crippen LogP contribution in [0.15, 0.2) is 36.4 Å². The molecule has 2 N–H and O–H groups in total. The van der Waals surface area contributed by atoms with Crippen molar-refractivity contribution in [3.05, 3.63) is 64.5 Å². The zero-order valence-corrected chi connectivity index (χ0v) is 16.7. The Morgan fingerprint density at radius 3 is 2.14 bits per heavy atom. The Bertz CT molecular complexity index is 861. The maximum atomic E-state index is 13.3. The molecule has 2 aromatic rings. The lowest BCUT2D eigenvalue weighted by molar-refractivity contribution is -0.128. The highest BCUT2D eigenvalue weighted by Gasteiger charge is 2.42. The molecule has 1 fully saturated rings. The van der Waals surface area contributed by atoms with Gasteiger partial charge in [-0.2, -0.15) is 0 Å². The van der Waals surface area contributed by atoms with Crippen molar-refractivity contribution in [2.45, 2.75) is 51.9 Å². The number of carbonyl (C=O) groups is 2. The molecule has 0 atom stereocenters. The van der Waals surface area contributed by atoms with Crippen LogP contribution in [0.1, 0.15) is 47.9 Å². The van der Waals surface area contributed by atoms with Crippen molar-refractivity contribution in [3.63, 3.8) is 0 Å². The number of halogens is 1. The summed E-state index contributed by atoms with van der Waals surface area (Å²) in [5, 5.41) is 5.71. The van der Waals surface area contributed by atoms with Gasteiger partial charge in [0.25, 0.3) is 0 Å². The van der Waals surface area contributed by atoms with Crippen LogP contribution in [0, 0.1) is 26.6 Å². The predicted octanol–water partition coefficient (Wildman–Crippen LogP) is 4.32. The maximum absolute atomic E-state index is 13.3. The van der Waals surface area contributed by atoms with Gasteiger partial charge >= 0.3 is 0 Å². The zero-order chi connectivity index (χ0) is 20.3. The summed E-state index contributed by atoms with van der Waals surface area (Å²) in [6, 6.07) is 10.2. The first-order valence-electron chi connectivity index (χ1n) is 9.74. The van der Waals surface area contributed by atoms with E-state index >= 15 is 0 Å². The quantitative estimate of drug-likeness (QED) is 0.809. The van der Waals surface area contributed by atoms with Crippen LogP contribution < -0.4 is 10.6 Å². The molecule has 5 heteroatoms. The number of hydrogen-bond donors (Lipinski definition) is 2. The highest BCUT2D eigenvalue weighted by molar-refractivity contribution is 5.97. The van der Waals surface area contributed by atoms with Crippen LogP contribution in [0.4, 0.5) is 10.1 Å². The van der Waals surface area contributed by atoms with Crippen molar-refractivity contribution >= 4 is 17.5 Å². The molecular weight excluding hydrogens is 355 g/mol. The molecule has 0 aromatic heterocycles. The minimum absolute atomic E-state index is 0.0888. The zero-order valence-electron chi connectivity index (χ0n) is 16.7. The van der Waals surface area contributed by atoms with Gasteiger partial charge in [0.1, 0.15) is 5.82 Å². The minimum atomic E-state index is -0.677. The fraction of sp³-hybridized carbons (Fsp3) is 0.391. The molecule has 0 unspecified atom stereocenters. The Kier molecular flexibility index (Phi) is 5.82. The van der Waals surface area contributed by atoms with Crippen molar-refractivity contribution in [2.24, 2.45) is 0 Å². The van der Waals surface area contributed by atoms with Crippen LogP contribution in [-0.4, -0.2) is 18.4 Å². The Morgan fingerprint density at radius 2 is 1.57 bits per heavy atom. The molecule has 0 spiro atoms. The molecule has 2 amide bonds. The first kappa shape index (κ1) is 20.1. The molecule has 0 saturated heterocycles. The average molecular weight is 382 g/mol. The van der Waals surface area contributed by atoms with Crippen LogP contribution in [0.2, 0.25) is 0 Å². The molecule has 0 bridgehead atoms. The van der Waals surface area contributed by atoms with Gasteiger partial charge in [0.05, 0.1) is 12.0 Å². The summed E-state index contributed by atoms with van der Waals surface area (Å²) in [5.41, 5.74) is 4.06. The van der Waals surface area contributed by atoms with Gasteiger partial charge in [-0.3, -0.25) is 9.59 Å². The topological polar surface area (TPSA) is 58.2 Å². The number of hydrogen-bond acceptors (Lipinski definition) is 2. The predicted molar refractivity (Wildman–Crippen MR) is 109 cm³/mol. The Hall–Kier alpha value is -2.69. The van der Waals surface area contributed by atoms with Gasteiger partial charge in [0, 0.05) is 5.69 Å². The molecule has 1 saturated carbocycles. The number of aryl methyl sites for hydroxylation is 3. The highest BCUT2D eigenvalue weighted by Crippen LogP contribution is 2.41. The largest absolute Gasteiger partial charge is 0.346 e. The second-order valence-electron chi connectivity index (χ2n) is 7.80. The molecule has 2 aromatic carbocycles. The second-order valence-corrected chi connectivity index (χ2v) is 7.80. The Labute approximate surface area is 165 Å². The molecule has 1 aliphatic carbocycles. The standard InChI is InChI=1S/C23H27FN2O2/c1-15-12-16(2)21(17(3)13-15)26-20(27)14-25-22(28)23(10-4-5-11-23)18-6-8-19(24)9-7-18/h6-9,12-13H,4-5,10-11,14H2,1-3H3,(H,25,28)(H,26,27). The van der Waals surface area contributed by atoms with E-state index in [2.05, 4.69) is 10.6 Å². The fourth-order valence-electron chi connectivity index (χ4n) is 4.28. The van der Waals surface area contributed by atoms with E-state index in [1.54, 1.807) is 12.1 Å². The van der Waals surface area contributed by atoms with Gasteiger partial charge in [-0.05, 0) is 62.4 Å². The molecule has 28 heavy (non-hydrogen) atoms. The summed E-state index contributed by atoms with van der Waals surface area (Å²) < 4.78 is 13.3. The van der Waals surface area contributed by atoms with Gasteiger partial charge in [0.15, 0.2) is 0 Å². The lowest BCUT2D eigenvalue weighted by atomic mass is 9.78. The lowest BCUT2D eigenvalue weighted by Crippen LogP contribution is -2.45. The minimum Gasteiger partial charge on any atom is -0.346 e. The summed E-state index contributed by atoms with van der Waals surface area (Å²) in [7, 11) is 0. The third kappa shape index (κ3) is 4.08. The number of rotatable bonds is 5. The first-order valence-corrected chi connectivity index (χ1v) is 9.74. The van der Waals surface area contributed by atoms with E-state index in [1.807, 2.05) is 32.9 Å². The van der Waals surface area contributed by atoms with E-state index in [4.69, 9.17) is 0 Å². The summed E-state index contributed by atoms with van der Waals surface area (Å²) in [5.74, 6) is -0.736. The van der Waals surface area contributed by atoms with E-state index in [0.717, 1.165) is 40.8 Å². The highest BCUT2D eigenvalue weighted by atomic mass is 19.1. The summed E-state index contributed by atoms with van der Waals surface area (Å²) in [6.07, 6.45) is 3.31. The molecule has 0 aliphatic heterocycles. The van der Waals surface area contributed by atoms with Crippen LogP contribution in [0.3, 0.4) is 0 Å². The van der Waals surface area contributed by atoms with Gasteiger partial charge in [-0.15, -0.1) is 0 Å². The molecule has 148 valence electrons. The van der Waals surface area contributed by atoms with E-state index in [0.29, 0.717) is 12.8 Å². The van der Waals surface area contributed by atoms with Gasteiger partial charge in [-0.1, -0.05) is 42.7 Å². The smallest absolute Gasteiger partial charge is 0.243 e. The van der Waals surface area contributed by atoms with E-state index in [-0.39, 0.29) is 24.2 Å². The second kappa shape index (κ2) is 8.13. The number of nitrogens with one attached hydrogen (secondary N) is 2. The van der Waals surface area contributed by atoms with Crippen LogP contribution in [0.5, 0.6) is 0 Å². The van der Waals surface area contributed by atoms with Gasteiger partial charge < -0.3 is 10.6 Å². The number of benzene rings is 2. The van der Waals surface area contributed by atoms with E-state index < -0.39 is 5.41 Å². The molecule has 3 rings (SSSR count). The fourth-order valence-corrected chi connectivity index (χ4v) is 4.28. The van der Waals surface area contributed by atoms with Gasteiger partial charge in [0.2, 0.25) is 11.8 Å². The van der Waals surface area contributed by atoms with Crippen molar-refractivity contribution in [2.75, 3.05) is 11.9 Å². The van der Waals surface area contributed by atoms with E-state index in [1.165, 1.54) is 12.1 Å². The number of anilines is 1. The summed E-state index contributed by atoms with van der Waals surface area (Å²) in [6.45, 7) is 5.84. The van der Waals surface area contributed by atoms with Crippen molar-refractivity contribution < 1.29 is 14.0 Å². The third-order valence-electron chi connectivity index (χ3n) is 5.64. The van der Waals surface area contributed by atoms with Crippen molar-refractivity contribution in [1.29, 1.82) is 0 Å². The SMILES string of the molecule is Cc1cc(C)c(NC(=O)CNC(=O)C2(c3ccc(F)cc3)CCCC2)c(C)c1. The van der Waals surface area contributed by atoms with Crippen molar-refractivity contribution in [1.82, 2.24) is 5.32 Å². The molecule has 0 heterocycles. The monoisotopic (exact) mass is 382 g/mol. The molecule has 0 radical (unpaired) electrons. The molecular formula is C23H27FN2O2. The van der Waals surface area contributed by atoms with Crippen LogP contribution in [-0.2, 0) is 15.0 Å². The van der Waals surface area contributed by atoms with Crippen molar-refractivity contribution in [3.8, 4) is 0 Å². The van der Waals surface area contributed by atoms with E-state index in [9.17, 15) is 14.0 Å². The summed E-state index contributed by atoms with van der Waals surface area (Å²) in [4.78, 5) is 25.4. The maximum Gasteiger partial charge on any atom is 0.243 e. The Balaban J connectivity index is 1.68. The van der Waals surface area contributed by atoms with Gasteiger partial charge in [-0.25, -0.2) is 4.39 Å². The third-order valence-corrected chi connectivity index (χ3v) is 5.64. The average Bonchev–Trinajstić information content (AvgIpc) is 3.14. The normalized spacial score (nSPS) is 15.3. The first-order chi connectivity index (χ1) is 13.3.